The lowest BCUT2D eigenvalue weighted by Crippen LogP contribution is -2.06. The third-order valence-corrected chi connectivity index (χ3v) is 3.96. The fourth-order valence-corrected chi connectivity index (χ4v) is 2.60. The van der Waals surface area contributed by atoms with Crippen LogP contribution in [0, 0.1) is 13.8 Å². The molecule has 2 heterocycles. The maximum atomic E-state index is 4.58. The van der Waals surface area contributed by atoms with Gasteiger partial charge >= 0.3 is 0 Å². The first kappa shape index (κ1) is 14.7. The van der Waals surface area contributed by atoms with Crippen molar-refractivity contribution in [3.8, 4) is 5.82 Å². The number of imidazole rings is 1. The number of nitrogens with one attached hydrogen (secondary N) is 1. The van der Waals surface area contributed by atoms with Crippen LogP contribution in [0.25, 0.3) is 5.82 Å². The lowest BCUT2D eigenvalue weighted by molar-refractivity contribution is 0.915. The van der Waals surface area contributed by atoms with Gasteiger partial charge in [0.25, 0.3) is 0 Å². The summed E-state index contributed by atoms with van der Waals surface area (Å²) >= 11 is 3.50. The van der Waals surface area contributed by atoms with Crippen molar-refractivity contribution in [2.45, 2.75) is 20.4 Å². The highest BCUT2D eigenvalue weighted by Gasteiger charge is 2.05. The van der Waals surface area contributed by atoms with Crippen LogP contribution in [-0.2, 0) is 6.54 Å². The van der Waals surface area contributed by atoms with Crippen molar-refractivity contribution in [2.75, 3.05) is 5.32 Å². The van der Waals surface area contributed by atoms with Crippen molar-refractivity contribution < 1.29 is 0 Å². The molecule has 3 aromatic rings. The molecule has 6 heteroatoms. The highest BCUT2D eigenvalue weighted by molar-refractivity contribution is 9.10. The van der Waals surface area contributed by atoms with Gasteiger partial charge in [-0.3, -0.25) is 9.55 Å². The van der Waals surface area contributed by atoms with Crippen molar-refractivity contribution in [1.29, 1.82) is 0 Å². The Morgan fingerprint density at radius 1 is 1.23 bits per heavy atom. The van der Waals surface area contributed by atoms with E-state index in [2.05, 4.69) is 55.3 Å². The summed E-state index contributed by atoms with van der Waals surface area (Å²) in [6, 6.07) is 6.25. The number of aryl methyl sites for hydroxylation is 2. The SMILES string of the molecule is Cc1ccc(Br)cc1CNc1cncc(-n2ccnc2C)n1. The molecule has 0 amide bonds. The summed E-state index contributed by atoms with van der Waals surface area (Å²) in [5.74, 6) is 2.38. The van der Waals surface area contributed by atoms with Gasteiger partial charge in [-0.1, -0.05) is 22.0 Å². The van der Waals surface area contributed by atoms with E-state index in [4.69, 9.17) is 0 Å². The first-order valence-corrected chi connectivity index (χ1v) is 7.74. The van der Waals surface area contributed by atoms with Gasteiger partial charge in [0.15, 0.2) is 5.82 Å². The summed E-state index contributed by atoms with van der Waals surface area (Å²) in [5, 5.41) is 3.32. The summed E-state index contributed by atoms with van der Waals surface area (Å²) in [7, 11) is 0. The predicted molar refractivity (Wildman–Crippen MR) is 90.1 cm³/mol. The van der Waals surface area contributed by atoms with Gasteiger partial charge in [-0.15, -0.1) is 0 Å². The molecule has 3 rings (SSSR count). The van der Waals surface area contributed by atoms with Gasteiger partial charge in [-0.05, 0) is 37.1 Å². The summed E-state index contributed by atoms with van der Waals surface area (Å²) < 4.78 is 2.98. The molecule has 1 aromatic carbocycles. The molecule has 1 N–H and O–H groups in total. The lowest BCUT2D eigenvalue weighted by Gasteiger charge is -2.10. The third-order valence-electron chi connectivity index (χ3n) is 3.47. The lowest BCUT2D eigenvalue weighted by atomic mass is 10.1. The van der Waals surface area contributed by atoms with Crippen LogP contribution in [0.1, 0.15) is 17.0 Å². The molecule has 0 aliphatic heterocycles. The molecule has 0 bridgehead atoms. The van der Waals surface area contributed by atoms with Gasteiger partial charge in [-0.2, -0.15) is 0 Å². The number of aromatic nitrogens is 4. The van der Waals surface area contributed by atoms with Crippen LogP contribution in [0.15, 0.2) is 47.5 Å². The average molecular weight is 358 g/mol. The molecular formula is C16H16BrN5. The van der Waals surface area contributed by atoms with Crippen molar-refractivity contribution >= 4 is 21.7 Å². The van der Waals surface area contributed by atoms with Crippen molar-refractivity contribution in [1.82, 2.24) is 19.5 Å². The number of benzene rings is 1. The van der Waals surface area contributed by atoms with Crippen LogP contribution >= 0.6 is 15.9 Å². The zero-order chi connectivity index (χ0) is 15.5. The van der Waals surface area contributed by atoms with Crippen molar-refractivity contribution in [2.24, 2.45) is 0 Å². The zero-order valence-electron chi connectivity index (χ0n) is 12.4. The highest BCUT2D eigenvalue weighted by atomic mass is 79.9. The topological polar surface area (TPSA) is 55.6 Å². The minimum atomic E-state index is 0.701. The number of anilines is 1. The Balaban J connectivity index is 1.79. The maximum Gasteiger partial charge on any atom is 0.159 e. The van der Waals surface area contributed by atoms with E-state index in [1.165, 1.54) is 11.1 Å². The summed E-state index contributed by atoms with van der Waals surface area (Å²) in [6.07, 6.45) is 7.08. The fourth-order valence-electron chi connectivity index (χ4n) is 2.19. The Bertz CT molecular complexity index is 797. The quantitative estimate of drug-likeness (QED) is 0.774. The third kappa shape index (κ3) is 3.17. The van der Waals surface area contributed by atoms with Gasteiger partial charge in [-0.25, -0.2) is 9.97 Å². The average Bonchev–Trinajstić information content (AvgIpc) is 2.95. The smallest absolute Gasteiger partial charge is 0.159 e. The van der Waals surface area contributed by atoms with E-state index in [-0.39, 0.29) is 0 Å². The molecule has 0 fully saturated rings. The minimum Gasteiger partial charge on any atom is -0.365 e. The van der Waals surface area contributed by atoms with Crippen LogP contribution in [-0.4, -0.2) is 19.5 Å². The monoisotopic (exact) mass is 357 g/mol. The molecule has 112 valence electrons. The molecule has 0 unspecified atom stereocenters. The van der Waals surface area contributed by atoms with Crippen LogP contribution in [0.3, 0.4) is 0 Å². The van der Waals surface area contributed by atoms with E-state index in [1.54, 1.807) is 18.6 Å². The maximum absolute atomic E-state index is 4.58. The fraction of sp³-hybridized carbons (Fsp3) is 0.188. The second-order valence-electron chi connectivity index (χ2n) is 5.03. The number of hydrogen-bond donors (Lipinski definition) is 1. The molecule has 22 heavy (non-hydrogen) atoms. The normalized spacial score (nSPS) is 10.7. The molecule has 5 nitrogen and oxygen atoms in total. The van der Waals surface area contributed by atoms with Crippen molar-refractivity contribution in [3.05, 3.63) is 64.4 Å². The molecular weight excluding hydrogens is 342 g/mol. The van der Waals surface area contributed by atoms with Gasteiger partial charge in [0, 0.05) is 23.4 Å². The van der Waals surface area contributed by atoms with Crippen LogP contribution in [0.4, 0.5) is 5.82 Å². The molecule has 0 radical (unpaired) electrons. The van der Waals surface area contributed by atoms with E-state index in [1.807, 2.05) is 23.8 Å². The molecule has 0 spiro atoms. The van der Waals surface area contributed by atoms with Gasteiger partial charge in [0.2, 0.25) is 0 Å². The highest BCUT2D eigenvalue weighted by Crippen LogP contribution is 2.17. The van der Waals surface area contributed by atoms with Crippen molar-refractivity contribution in [3.63, 3.8) is 0 Å². The second kappa shape index (κ2) is 6.27. The van der Waals surface area contributed by atoms with E-state index in [9.17, 15) is 0 Å². The number of rotatable bonds is 4. The molecule has 2 aromatic heterocycles. The van der Waals surface area contributed by atoms with Crippen LogP contribution < -0.4 is 5.32 Å². The first-order valence-electron chi connectivity index (χ1n) is 6.95. The second-order valence-corrected chi connectivity index (χ2v) is 5.95. The zero-order valence-corrected chi connectivity index (χ0v) is 14.0. The molecule has 0 atom stereocenters. The first-order chi connectivity index (χ1) is 10.6. The predicted octanol–water partition coefficient (Wildman–Crippen LogP) is 3.65. The van der Waals surface area contributed by atoms with Crippen LogP contribution in [0.5, 0.6) is 0 Å². The Hall–Kier alpha value is -2.21. The Morgan fingerprint density at radius 2 is 2.09 bits per heavy atom. The standard InChI is InChI=1S/C16H16BrN5/c1-11-3-4-14(17)7-13(11)8-20-15-9-18-10-16(21-15)22-6-5-19-12(22)2/h3-7,9-10H,8H2,1-2H3,(H,20,21). The number of halogens is 1. The summed E-state index contributed by atoms with van der Waals surface area (Å²) in [5.41, 5.74) is 2.46. The van der Waals surface area contributed by atoms with E-state index < -0.39 is 0 Å². The minimum absolute atomic E-state index is 0.701. The number of nitrogens with zero attached hydrogens (tertiary/aromatic N) is 4. The van der Waals surface area contributed by atoms with E-state index >= 15 is 0 Å². The van der Waals surface area contributed by atoms with Gasteiger partial charge in [0.1, 0.15) is 11.6 Å². The Morgan fingerprint density at radius 3 is 2.86 bits per heavy atom. The number of hydrogen-bond acceptors (Lipinski definition) is 4. The van der Waals surface area contributed by atoms with E-state index in [0.29, 0.717) is 6.54 Å². The Labute approximate surface area is 137 Å². The molecule has 0 saturated heterocycles. The molecule has 0 saturated carbocycles. The summed E-state index contributed by atoms with van der Waals surface area (Å²) in [4.78, 5) is 13.0. The summed E-state index contributed by atoms with van der Waals surface area (Å²) in [6.45, 7) is 4.74. The molecule has 0 aliphatic rings. The van der Waals surface area contributed by atoms with Gasteiger partial charge in [0.05, 0.1) is 12.4 Å². The van der Waals surface area contributed by atoms with Gasteiger partial charge < -0.3 is 5.32 Å². The van der Waals surface area contributed by atoms with E-state index in [0.717, 1.165) is 21.9 Å². The van der Waals surface area contributed by atoms with Crippen LogP contribution in [0.2, 0.25) is 0 Å². The molecule has 0 aliphatic carbocycles. The Kier molecular flexibility index (Phi) is 4.20. The largest absolute Gasteiger partial charge is 0.365 e.